The molecule has 110 valence electrons. The Morgan fingerprint density at radius 3 is 2.85 bits per heavy atom. The van der Waals surface area contributed by atoms with Crippen LogP contribution in [0.5, 0.6) is 0 Å². The summed E-state index contributed by atoms with van der Waals surface area (Å²) in [7, 11) is 0. The molecule has 0 spiro atoms. The minimum Gasteiger partial charge on any atom is -0.333 e. The Morgan fingerprint density at radius 1 is 1.45 bits per heavy atom. The Morgan fingerprint density at radius 2 is 2.20 bits per heavy atom. The summed E-state index contributed by atoms with van der Waals surface area (Å²) in [5, 5.41) is 3.44. The molecule has 1 heterocycles. The van der Waals surface area contributed by atoms with Crippen molar-refractivity contribution in [3.63, 3.8) is 0 Å². The van der Waals surface area contributed by atoms with Crippen LogP contribution in [0.2, 0.25) is 0 Å². The van der Waals surface area contributed by atoms with Crippen LogP contribution in [0.15, 0.2) is 22.7 Å². The molecule has 1 aromatic carbocycles. The number of piperazine rings is 1. The molecule has 0 saturated carbocycles. The normalized spacial score (nSPS) is 22.9. The highest BCUT2D eigenvalue weighted by Crippen LogP contribution is 2.22. The molecule has 1 fully saturated rings. The van der Waals surface area contributed by atoms with E-state index < -0.39 is 5.82 Å². The summed E-state index contributed by atoms with van der Waals surface area (Å²) in [6.07, 6.45) is 1.83. The average molecular weight is 343 g/mol. The zero-order valence-corrected chi connectivity index (χ0v) is 13.4. The number of hydrogen-bond acceptors (Lipinski definition) is 2. The molecule has 1 aromatic rings. The molecule has 2 rings (SSSR count). The standard InChI is InChI=1S/C15H20BrFN2O/c1-3-10-9-19(11(4-2)8-18-10)15(20)12-6-5-7-13(16)14(12)17/h5-7,10-11,18H,3-4,8-9H2,1-2H3. The Balaban J connectivity index is 2.27. The van der Waals surface area contributed by atoms with Gasteiger partial charge in [0.05, 0.1) is 10.0 Å². The van der Waals surface area contributed by atoms with Crippen molar-refractivity contribution < 1.29 is 9.18 Å². The molecular weight excluding hydrogens is 323 g/mol. The molecule has 2 atom stereocenters. The molecule has 1 aliphatic heterocycles. The van der Waals surface area contributed by atoms with Crippen molar-refractivity contribution in [2.45, 2.75) is 38.8 Å². The van der Waals surface area contributed by atoms with Crippen LogP contribution in [0.4, 0.5) is 4.39 Å². The number of halogens is 2. The van der Waals surface area contributed by atoms with Crippen LogP contribution in [0.25, 0.3) is 0 Å². The van der Waals surface area contributed by atoms with Crippen molar-refractivity contribution in [2.24, 2.45) is 0 Å². The van der Waals surface area contributed by atoms with Crippen LogP contribution >= 0.6 is 15.9 Å². The summed E-state index contributed by atoms with van der Waals surface area (Å²) in [4.78, 5) is 14.5. The third-order valence-electron chi connectivity index (χ3n) is 3.91. The summed E-state index contributed by atoms with van der Waals surface area (Å²) < 4.78 is 14.4. The van der Waals surface area contributed by atoms with Crippen molar-refractivity contribution >= 4 is 21.8 Å². The molecule has 0 aliphatic carbocycles. The smallest absolute Gasteiger partial charge is 0.257 e. The van der Waals surface area contributed by atoms with Gasteiger partial charge in [0.2, 0.25) is 0 Å². The first-order valence-electron chi connectivity index (χ1n) is 7.06. The van der Waals surface area contributed by atoms with Gasteiger partial charge in [-0.1, -0.05) is 19.9 Å². The number of benzene rings is 1. The van der Waals surface area contributed by atoms with Crippen LogP contribution < -0.4 is 5.32 Å². The van der Waals surface area contributed by atoms with Crippen molar-refractivity contribution in [3.8, 4) is 0 Å². The Bertz CT molecular complexity index is 495. The number of carbonyl (C=O) groups is 1. The van der Waals surface area contributed by atoms with E-state index in [2.05, 4.69) is 35.1 Å². The summed E-state index contributed by atoms with van der Waals surface area (Å²) >= 11 is 3.14. The van der Waals surface area contributed by atoms with Crippen LogP contribution in [-0.4, -0.2) is 36.0 Å². The van der Waals surface area contributed by atoms with E-state index in [0.717, 1.165) is 19.4 Å². The minimum absolute atomic E-state index is 0.128. The maximum Gasteiger partial charge on any atom is 0.257 e. The second kappa shape index (κ2) is 6.68. The lowest BCUT2D eigenvalue weighted by Gasteiger charge is -2.40. The van der Waals surface area contributed by atoms with Crippen molar-refractivity contribution in [1.82, 2.24) is 10.2 Å². The zero-order valence-electron chi connectivity index (χ0n) is 11.8. The van der Waals surface area contributed by atoms with Gasteiger partial charge < -0.3 is 10.2 Å². The average Bonchev–Trinajstić information content (AvgIpc) is 2.48. The highest BCUT2D eigenvalue weighted by molar-refractivity contribution is 9.10. The molecule has 20 heavy (non-hydrogen) atoms. The van der Waals surface area contributed by atoms with Gasteiger partial charge in [-0.05, 0) is 40.9 Å². The van der Waals surface area contributed by atoms with E-state index >= 15 is 0 Å². The van der Waals surface area contributed by atoms with E-state index in [9.17, 15) is 9.18 Å². The van der Waals surface area contributed by atoms with E-state index in [4.69, 9.17) is 0 Å². The first kappa shape index (κ1) is 15.4. The van der Waals surface area contributed by atoms with Gasteiger partial charge in [0, 0.05) is 25.2 Å². The predicted molar refractivity (Wildman–Crippen MR) is 81.3 cm³/mol. The van der Waals surface area contributed by atoms with Crippen molar-refractivity contribution in [1.29, 1.82) is 0 Å². The number of amides is 1. The summed E-state index contributed by atoms with van der Waals surface area (Å²) in [5.41, 5.74) is 0.148. The lowest BCUT2D eigenvalue weighted by Crippen LogP contribution is -2.58. The molecule has 1 amide bonds. The first-order chi connectivity index (χ1) is 9.58. The molecular formula is C15H20BrFN2O. The summed E-state index contributed by atoms with van der Waals surface area (Å²) in [5.74, 6) is -0.686. The molecule has 5 heteroatoms. The van der Waals surface area contributed by atoms with Crippen molar-refractivity contribution in [3.05, 3.63) is 34.1 Å². The van der Waals surface area contributed by atoms with Gasteiger partial charge in [0.25, 0.3) is 5.91 Å². The molecule has 0 radical (unpaired) electrons. The summed E-state index contributed by atoms with van der Waals surface area (Å²) in [6, 6.07) is 5.27. The van der Waals surface area contributed by atoms with E-state index in [0.29, 0.717) is 11.0 Å². The Hall–Kier alpha value is -0.940. The summed E-state index contributed by atoms with van der Waals surface area (Å²) in [6.45, 7) is 5.55. The first-order valence-corrected chi connectivity index (χ1v) is 7.86. The molecule has 1 aliphatic rings. The van der Waals surface area contributed by atoms with Gasteiger partial charge in [0.1, 0.15) is 5.82 Å². The van der Waals surface area contributed by atoms with E-state index in [1.165, 1.54) is 0 Å². The number of nitrogens with zero attached hydrogens (tertiary/aromatic N) is 1. The minimum atomic E-state index is -0.473. The number of nitrogens with one attached hydrogen (secondary N) is 1. The van der Waals surface area contributed by atoms with Gasteiger partial charge >= 0.3 is 0 Å². The van der Waals surface area contributed by atoms with Crippen LogP contribution in [-0.2, 0) is 0 Å². The van der Waals surface area contributed by atoms with Crippen LogP contribution in [0, 0.1) is 5.82 Å². The van der Waals surface area contributed by atoms with Gasteiger partial charge in [-0.15, -0.1) is 0 Å². The van der Waals surface area contributed by atoms with Crippen LogP contribution in [0.1, 0.15) is 37.0 Å². The SMILES string of the molecule is CCC1CN(C(=O)c2cccc(Br)c2F)C(CC)CN1. The second-order valence-corrected chi connectivity index (χ2v) is 5.99. The third-order valence-corrected chi connectivity index (χ3v) is 4.52. The topological polar surface area (TPSA) is 32.3 Å². The molecule has 0 bridgehead atoms. The zero-order chi connectivity index (χ0) is 14.7. The van der Waals surface area contributed by atoms with Gasteiger partial charge in [-0.3, -0.25) is 4.79 Å². The fourth-order valence-electron chi connectivity index (χ4n) is 2.57. The number of rotatable bonds is 3. The Kier molecular flexibility index (Phi) is 5.16. The predicted octanol–water partition coefficient (Wildman–Crippen LogP) is 3.19. The van der Waals surface area contributed by atoms with Crippen LogP contribution in [0.3, 0.4) is 0 Å². The highest BCUT2D eigenvalue weighted by atomic mass is 79.9. The lowest BCUT2D eigenvalue weighted by atomic mass is 10.0. The van der Waals surface area contributed by atoms with Crippen molar-refractivity contribution in [2.75, 3.05) is 13.1 Å². The number of carbonyl (C=O) groups excluding carboxylic acids is 1. The molecule has 2 unspecified atom stereocenters. The monoisotopic (exact) mass is 342 g/mol. The fraction of sp³-hybridized carbons (Fsp3) is 0.533. The maximum absolute atomic E-state index is 14.1. The second-order valence-electron chi connectivity index (χ2n) is 5.13. The molecule has 0 aromatic heterocycles. The molecule has 1 saturated heterocycles. The van der Waals surface area contributed by atoms with Gasteiger partial charge in [0.15, 0.2) is 0 Å². The quantitative estimate of drug-likeness (QED) is 0.914. The van der Waals surface area contributed by atoms with Gasteiger partial charge in [-0.25, -0.2) is 4.39 Å². The van der Waals surface area contributed by atoms with E-state index in [1.807, 2.05) is 4.90 Å². The highest BCUT2D eigenvalue weighted by Gasteiger charge is 2.31. The fourth-order valence-corrected chi connectivity index (χ4v) is 2.94. The lowest BCUT2D eigenvalue weighted by molar-refractivity contribution is 0.0571. The van der Waals surface area contributed by atoms with Gasteiger partial charge in [-0.2, -0.15) is 0 Å². The van der Waals surface area contributed by atoms with E-state index in [-0.39, 0.29) is 23.6 Å². The van der Waals surface area contributed by atoms with E-state index in [1.54, 1.807) is 18.2 Å². The largest absolute Gasteiger partial charge is 0.333 e. The third kappa shape index (κ3) is 3.04. The number of hydrogen-bond donors (Lipinski definition) is 1. The maximum atomic E-state index is 14.1. The Labute approximate surface area is 127 Å². The molecule has 3 nitrogen and oxygen atoms in total. The molecule has 1 N–H and O–H groups in total.